The van der Waals surface area contributed by atoms with Crippen molar-refractivity contribution in [2.24, 2.45) is 0 Å². The molecule has 0 amide bonds. The van der Waals surface area contributed by atoms with Crippen LogP contribution in [0.25, 0.3) is 16.7 Å². The van der Waals surface area contributed by atoms with E-state index in [9.17, 15) is 9.59 Å². The first kappa shape index (κ1) is 18.5. The molecule has 2 aromatic heterocycles. The lowest BCUT2D eigenvalue weighted by Gasteiger charge is -2.12. The zero-order chi connectivity index (χ0) is 20.5. The van der Waals surface area contributed by atoms with Crippen molar-refractivity contribution in [1.29, 1.82) is 0 Å². The van der Waals surface area contributed by atoms with Crippen LogP contribution in [0, 0.1) is 13.8 Å². The first-order valence-electron chi connectivity index (χ1n) is 9.10. The van der Waals surface area contributed by atoms with Crippen molar-refractivity contribution in [3.63, 3.8) is 0 Å². The molecule has 2 heterocycles. The summed E-state index contributed by atoms with van der Waals surface area (Å²) in [6.45, 7) is 5.68. The number of esters is 1. The molecular formula is C21H18N4O4. The first-order chi connectivity index (χ1) is 14.0. The Labute approximate surface area is 165 Å². The van der Waals surface area contributed by atoms with Gasteiger partial charge in [-0.05, 0) is 71.7 Å². The number of aryl methyl sites for hydroxylation is 3. The molecule has 8 nitrogen and oxygen atoms in total. The van der Waals surface area contributed by atoms with Gasteiger partial charge in [0.15, 0.2) is 0 Å². The number of hydrogen-bond donors (Lipinski definition) is 0. The topological polar surface area (TPSA) is 100 Å². The Morgan fingerprint density at radius 2 is 1.97 bits per heavy atom. The fourth-order valence-electron chi connectivity index (χ4n) is 3.23. The summed E-state index contributed by atoms with van der Waals surface area (Å²) in [7, 11) is 0. The number of rotatable bonds is 4. The Morgan fingerprint density at radius 1 is 1.14 bits per heavy atom. The third kappa shape index (κ3) is 3.52. The first-order valence-corrected chi connectivity index (χ1v) is 9.10. The highest BCUT2D eigenvalue weighted by atomic mass is 16.5. The highest BCUT2D eigenvalue weighted by molar-refractivity contribution is 5.92. The maximum Gasteiger partial charge on any atom is 0.343 e. The number of fused-ring (bicyclic) bond motifs is 1. The lowest BCUT2D eigenvalue weighted by molar-refractivity contribution is 0.0733. The summed E-state index contributed by atoms with van der Waals surface area (Å²) in [5.41, 5.74) is 3.60. The monoisotopic (exact) mass is 390 g/mol. The van der Waals surface area contributed by atoms with Crippen molar-refractivity contribution in [2.45, 2.75) is 27.2 Å². The van der Waals surface area contributed by atoms with Crippen LogP contribution >= 0.6 is 0 Å². The maximum atomic E-state index is 12.7. The molecule has 0 atom stereocenters. The third-order valence-corrected chi connectivity index (χ3v) is 4.74. The van der Waals surface area contributed by atoms with Gasteiger partial charge in [0.1, 0.15) is 17.7 Å². The lowest BCUT2D eigenvalue weighted by atomic mass is 10.0. The van der Waals surface area contributed by atoms with Crippen LogP contribution in [0.3, 0.4) is 0 Å². The standard InChI is InChI=1S/C21H18N4O4/c1-4-14-9-16-12(2)8-20(26)28-19(16)10-18(14)29-21(27)15-5-6-17(13(3)7-15)25-11-22-23-24-25/h5-11H,4H2,1-3H3. The van der Waals surface area contributed by atoms with E-state index >= 15 is 0 Å². The molecule has 0 aliphatic carbocycles. The van der Waals surface area contributed by atoms with E-state index in [0.29, 0.717) is 23.3 Å². The average Bonchev–Trinajstić information content (AvgIpc) is 3.21. The second kappa shape index (κ2) is 7.31. The molecule has 4 rings (SSSR count). The highest BCUT2D eigenvalue weighted by Gasteiger charge is 2.16. The zero-order valence-corrected chi connectivity index (χ0v) is 16.2. The van der Waals surface area contributed by atoms with E-state index in [1.54, 1.807) is 24.3 Å². The van der Waals surface area contributed by atoms with Crippen LogP contribution in [0.4, 0.5) is 0 Å². The van der Waals surface area contributed by atoms with Gasteiger partial charge in [-0.2, -0.15) is 0 Å². The van der Waals surface area contributed by atoms with E-state index in [4.69, 9.17) is 9.15 Å². The predicted molar refractivity (Wildman–Crippen MR) is 105 cm³/mol. The van der Waals surface area contributed by atoms with Crippen molar-refractivity contribution in [2.75, 3.05) is 0 Å². The number of nitrogens with zero attached hydrogens (tertiary/aromatic N) is 4. The summed E-state index contributed by atoms with van der Waals surface area (Å²) in [6, 6.07) is 10.1. The molecule has 0 spiro atoms. The van der Waals surface area contributed by atoms with Gasteiger partial charge in [0.05, 0.1) is 11.3 Å². The van der Waals surface area contributed by atoms with Crippen LogP contribution in [-0.4, -0.2) is 26.2 Å². The van der Waals surface area contributed by atoms with E-state index in [-0.39, 0.29) is 0 Å². The maximum absolute atomic E-state index is 12.7. The van der Waals surface area contributed by atoms with Gasteiger partial charge in [0, 0.05) is 17.5 Å². The summed E-state index contributed by atoms with van der Waals surface area (Å²) < 4.78 is 12.4. The normalized spacial score (nSPS) is 11.0. The van der Waals surface area contributed by atoms with Crippen molar-refractivity contribution in [3.05, 3.63) is 75.4 Å². The molecule has 0 radical (unpaired) electrons. The molecule has 0 N–H and O–H groups in total. The Bertz CT molecular complexity index is 1280. The number of benzene rings is 2. The van der Waals surface area contributed by atoms with E-state index in [2.05, 4.69) is 15.5 Å². The molecule has 8 heteroatoms. The quantitative estimate of drug-likeness (QED) is 0.300. The van der Waals surface area contributed by atoms with Gasteiger partial charge in [0.2, 0.25) is 0 Å². The number of ether oxygens (including phenoxy) is 1. The average molecular weight is 390 g/mol. The molecule has 0 aliphatic heterocycles. The van der Waals surface area contributed by atoms with Crippen LogP contribution < -0.4 is 10.4 Å². The van der Waals surface area contributed by atoms with Crippen LogP contribution in [0.1, 0.15) is 34.0 Å². The van der Waals surface area contributed by atoms with Crippen molar-refractivity contribution in [3.8, 4) is 11.4 Å². The summed E-state index contributed by atoms with van der Waals surface area (Å²) in [6.07, 6.45) is 2.15. The minimum Gasteiger partial charge on any atom is -0.423 e. The largest absolute Gasteiger partial charge is 0.423 e. The van der Waals surface area contributed by atoms with E-state index in [0.717, 1.165) is 27.8 Å². The van der Waals surface area contributed by atoms with Gasteiger partial charge in [-0.15, -0.1) is 5.10 Å². The van der Waals surface area contributed by atoms with Crippen molar-refractivity contribution < 1.29 is 13.9 Å². The molecule has 29 heavy (non-hydrogen) atoms. The van der Waals surface area contributed by atoms with Crippen LogP contribution in [0.5, 0.6) is 5.75 Å². The Hall–Kier alpha value is -3.81. The number of aromatic nitrogens is 4. The number of hydrogen-bond acceptors (Lipinski definition) is 7. The fraction of sp³-hybridized carbons (Fsp3) is 0.190. The van der Waals surface area contributed by atoms with Crippen LogP contribution in [0.2, 0.25) is 0 Å². The van der Waals surface area contributed by atoms with Crippen LogP contribution in [0.15, 0.2) is 51.9 Å². The summed E-state index contributed by atoms with van der Waals surface area (Å²) in [5.74, 6) is -0.124. The molecule has 4 aromatic rings. The van der Waals surface area contributed by atoms with E-state index in [1.807, 2.05) is 26.8 Å². The highest BCUT2D eigenvalue weighted by Crippen LogP contribution is 2.28. The molecule has 0 saturated carbocycles. The smallest absolute Gasteiger partial charge is 0.343 e. The van der Waals surface area contributed by atoms with E-state index < -0.39 is 11.6 Å². The third-order valence-electron chi connectivity index (χ3n) is 4.74. The summed E-state index contributed by atoms with van der Waals surface area (Å²) in [4.78, 5) is 24.4. The van der Waals surface area contributed by atoms with Crippen molar-refractivity contribution >= 4 is 16.9 Å². The molecular weight excluding hydrogens is 372 g/mol. The Balaban J connectivity index is 1.68. The summed E-state index contributed by atoms with van der Waals surface area (Å²) in [5, 5.41) is 11.9. The second-order valence-electron chi connectivity index (χ2n) is 6.70. The molecule has 0 aliphatic rings. The zero-order valence-electron chi connectivity index (χ0n) is 16.2. The molecule has 0 fully saturated rings. The van der Waals surface area contributed by atoms with Gasteiger partial charge in [0.25, 0.3) is 0 Å². The van der Waals surface area contributed by atoms with Gasteiger partial charge >= 0.3 is 11.6 Å². The van der Waals surface area contributed by atoms with Gasteiger partial charge in [-0.25, -0.2) is 14.3 Å². The van der Waals surface area contributed by atoms with Gasteiger partial charge < -0.3 is 9.15 Å². The number of tetrazole rings is 1. The SMILES string of the molecule is CCc1cc2c(C)cc(=O)oc2cc1OC(=O)c1ccc(-n2cnnn2)c(C)c1. The lowest BCUT2D eigenvalue weighted by Crippen LogP contribution is -2.11. The van der Waals surface area contributed by atoms with Gasteiger partial charge in [-0.3, -0.25) is 0 Å². The van der Waals surface area contributed by atoms with Crippen LogP contribution in [-0.2, 0) is 6.42 Å². The second-order valence-corrected chi connectivity index (χ2v) is 6.70. The van der Waals surface area contributed by atoms with E-state index in [1.165, 1.54) is 17.1 Å². The number of carbonyl (C=O) groups is 1. The van der Waals surface area contributed by atoms with Crippen molar-refractivity contribution in [1.82, 2.24) is 20.2 Å². The van der Waals surface area contributed by atoms with Gasteiger partial charge in [-0.1, -0.05) is 6.92 Å². The predicted octanol–water partition coefficient (Wildman–Crippen LogP) is 3.17. The molecule has 0 unspecified atom stereocenters. The molecule has 0 saturated heterocycles. The Kier molecular flexibility index (Phi) is 4.67. The molecule has 146 valence electrons. The minimum absolute atomic E-state index is 0.376. The fourth-order valence-corrected chi connectivity index (χ4v) is 3.23. The molecule has 2 aromatic carbocycles. The Morgan fingerprint density at radius 3 is 2.66 bits per heavy atom. The number of carbonyl (C=O) groups excluding carboxylic acids is 1. The summed E-state index contributed by atoms with van der Waals surface area (Å²) >= 11 is 0. The molecule has 0 bridgehead atoms. The minimum atomic E-state index is -0.500.